The highest BCUT2D eigenvalue weighted by atomic mass is 19.1. The van der Waals surface area contributed by atoms with Crippen LogP contribution >= 0.6 is 0 Å². The van der Waals surface area contributed by atoms with Gasteiger partial charge in [0.1, 0.15) is 12.1 Å². The zero-order valence-electron chi connectivity index (χ0n) is 11.2. The molecular formula is C14H14FN5O. The summed E-state index contributed by atoms with van der Waals surface area (Å²) >= 11 is 0. The lowest BCUT2D eigenvalue weighted by molar-refractivity contribution is 0.0989. The number of ether oxygens (including phenoxy) is 1. The van der Waals surface area contributed by atoms with Crippen molar-refractivity contribution in [3.05, 3.63) is 30.6 Å². The molecule has 2 saturated heterocycles. The standard InChI is InChI=1S/C14H14FN5O/c15-10-4-18-14(16)12(11-1-2-17-7-19-11)13(10)20-5-9-3-8(20)6-21-9/h1-2,4,7-9H,3,5-6H2,(H2,16,18). The van der Waals surface area contributed by atoms with Crippen molar-refractivity contribution in [2.45, 2.75) is 18.6 Å². The lowest BCUT2D eigenvalue weighted by Crippen LogP contribution is -2.38. The number of halogens is 1. The van der Waals surface area contributed by atoms with Crippen LogP contribution in [0.5, 0.6) is 0 Å². The molecule has 0 amide bonds. The van der Waals surface area contributed by atoms with E-state index in [2.05, 4.69) is 15.0 Å². The Kier molecular flexibility index (Phi) is 2.75. The molecular weight excluding hydrogens is 273 g/mol. The van der Waals surface area contributed by atoms with E-state index in [4.69, 9.17) is 10.5 Å². The summed E-state index contributed by atoms with van der Waals surface area (Å²) in [6.45, 7) is 1.29. The van der Waals surface area contributed by atoms with Gasteiger partial charge in [0.05, 0.1) is 41.9 Å². The molecule has 21 heavy (non-hydrogen) atoms. The first-order valence-electron chi connectivity index (χ1n) is 6.82. The summed E-state index contributed by atoms with van der Waals surface area (Å²) in [4.78, 5) is 14.0. The Labute approximate surface area is 120 Å². The molecule has 0 aliphatic carbocycles. The van der Waals surface area contributed by atoms with Crippen LogP contribution in [-0.4, -0.2) is 40.2 Å². The number of morpholine rings is 1. The van der Waals surface area contributed by atoms with E-state index >= 15 is 0 Å². The van der Waals surface area contributed by atoms with Crippen LogP contribution in [0.4, 0.5) is 15.9 Å². The molecule has 2 bridgehead atoms. The van der Waals surface area contributed by atoms with Crippen LogP contribution in [-0.2, 0) is 4.74 Å². The van der Waals surface area contributed by atoms with Gasteiger partial charge in [0.2, 0.25) is 0 Å². The molecule has 2 aliphatic rings. The van der Waals surface area contributed by atoms with Crippen LogP contribution < -0.4 is 10.6 Å². The van der Waals surface area contributed by atoms with E-state index in [1.807, 2.05) is 4.90 Å². The monoisotopic (exact) mass is 287 g/mol. The second-order valence-electron chi connectivity index (χ2n) is 5.31. The Bertz CT molecular complexity index is 681. The second kappa shape index (κ2) is 4.63. The van der Waals surface area contributed by atoms with Crippen molar-refractivity contribution in [2.24, 2.45) is 0 Å². The molecule has 4 rings (SSSR count). The number of hydrogen-bond donors (Lipinski definition) is 1. The lowest BCUT2D eigenvalue weighted by atomic mass is 10.1. The van der Waals surface area contributed by atoms with Gasteiger partial charge in [-0.05, 0) is 12.5 Å². The molecule has 0 aromatic carbocycles. The number of nitrogens with zero attached hydrogens (tertiary/aromatic N) is 4. The van der Waals surface area contributed by atoms with E-state index in [9.17, 15) is 4.39 Å². The maximum Gasteiger partial charge on any atom is 0.165 e. The minimum atomic E-state index is -0.384. The van der Waals surface area contributed by atoms with Gasteiger partial charge in [0, 0.05) is 12.7 Å². The van der Waals surface area contributed by atoms with E-state index < -0.39 is 0 Å². The van der Waals surface area contributed by atoms with Gasteiger partial charge in [-0.25, -0.2) is 19.3 Å². The molecule has 2 fully saturated rings. The van der Waals surface area contributed by atoms with E-state index in [-0.39, 0.29) is 23.8 Å². The first-order valence-corrected chi connectivity index (χ1v) is 6.82. The Balaban J connectivity index is 1.88. The normalized spacial score (nSPS) is 23.8. The molecule has 2 aromatic rings. The molecule has 7 heteroatoms. The van der Waals surface area contributed by atoms with Gasteiger partial charge in [-0.2, -0.15) is 0 Å². The van der Waals surface area contributed by atoms with Gasteiger partial charge in [-0.15, -0.1) is 0 Å². The van der Waals surface area contributed by atoms with Crippen molar-refractivity contribution in [3.63, 3.8) is 0 Å². The quantitative estimate of drug-likeness (QED) is 0.895. The van der Waals surface area contributed by atoms with Crippen molar-refractivity contribution in [2.75, 3.05) is 23.8 Å². The molecule has 108 valence electrons. The Morgan fingerprint density at radius 3 is 2.95 bits per heavy atom. The highest BCUT2D eigenvalue weighted by molar-refractivity contribution is 5.85. The lowest BCUT2D eigenvalue weighted by Gasteiger charge is -2.31. The van der Waals surface area contributed by atoms with Crippen LogP contribution in [0.15, 0.2) is 24.8 Å². The fourth-order valence-corrected chi connectivity index (χ4v) is 3.14. The highest BCUT2D eigenvalue weighted by Gasteiger charge is 2.41. The topological polar surface area (TPSA) is 77.2 Å². The zero-order chi connectivity index (χ0) is 14.4. The molecule has 0 saturated carbocycles. The molecule has 0 spiro atoms. The summed E-state index contributed by atoms with van der Waals surface area (Å²) in [6.07, 6.45) is 5.29. The van der Waals surface area contributed by atoms with Crippen LogP contribution in [0.25, 0.3) is 11.3 Å². The van der Waals surface area contributed by atoms with Crippen molar-refractivity contribution in [3.8, 4) is 11.3 Å². The van der Waals surface area contributed by atoms with Gasteiger partial charge < -0.3 is 15.4 Å². The summed E-state index contributed by atoms with van der Waals surface area (Å²) in [5.41, 5.74) is 7.57. The van der Waals surface area contributed by atoms with Crippen LogP contribution in [0, 0.1) is 5.82 Å². The summed E-state index contributed by atoms with van der Waals surface area (Å²) < 4.78 is 20.0. The number of anilines is 2. The predicted molar refractivity (Wildman–Crippen MR) is 75.1 cm³/mol. The second-order valence-corrected chi connectivity index (χ2v) is 5.31. The minimum absolute atomic E-state index is 0.169. The van der Waals surface area contributed by atoms with Gasteiger partial charge in [-0.3, -0.25) is 0 Å². The third-order valence-electron chi connectivity index (χ3n) is 4.06. The van der Waals surface area contributed by atoms with Crippen molar-refractivity contribution in [1.29, 1.82) is 0 Å². The van der Waals surface area contributed by atoms with Crippen molar-refractivity contribution in [1.82, 2.24) is 15.0 Å². The predicted octanol–water partition coefficient (Wildman–Crippen LogP) is 1.24. The molecule has 2 atom stereocenters. The summed E-state index contributed by atoms with van der Waals surface area (Å²) in [6, 6.07) is 1.90. The third-order valence-corrected chi connectivity index (χ3v) is 4.06. The Morgan fingerprint density at radius 1 is 1.38 bits per heavy atom. The number of nitrogen functional groups attached to an aromatic ring is 1. The minimum Gasteiger partial charge on any atom is -0.383 e. The van der Waals surface area contributed by atoms with E-state index in [1.54, 1.807) is 12.3 Å². The molecule has 2 unspecified atom stereocenters. The Hall–Kier alpha value is -2.28. The number of fused-ring (bicyclic) bond motifs is 2. The molecule has 6 nitrogen and oxygen atoms in total. The number of nitrogens with two attached hydrogens (primary N) is 1. The van der Waals surface area contributed by atoms with E-state index in [0.29, 0.717) is 30.1 Å². The number of aromatic nitrogens is 3. The molecule has 2 aliphatic heterocycles. The Morgan fingerprint density at radius 2 is 2.29 bits per heavy atom. The number of pyridine rings is 1. The molecule has 2 N–H and O–H groups in total. The van der Waals surface area contributed by atoms with Crippen molar-refractivity contribution >= 4 is 11.5 Å². The van der Waals surface area contributed by atoms with Crippen molar-refractivity contribution < 1.29 is 9.13 Å². The average molecular weight is 287 g/mol. The SMILES string of the molecule is Nc1ncc(F)c(N2CC3CC2CO3)c1-c1ccncn1. The zero-order valence-corrected chi connectivity index (χ0v) is 11.2. The summed E-state index contributed by atoms with van der Waals surface area (Å²) in [7, 11) is 0. The molecule has 4 heterocycles. The van der Waals surface area contributed by atoms with E-state index in [0.717, 1.165) is 6.42 Å². The van der Waals surface area contributed by atoms with Gasteiger partial charge in [0.25, 0.3) is 0 Å². The van der Waals surface area contributed by atoms with E-state index in [1.165, 1.54) is 12.5 Å². The fraction of sp³-hybridized carbons (Fsp3) is 0.357. The largest absolute Gasteiger partial charge is 0.383 e. The summed E-state index contributed by atoms with van der Waals surface area (Å²) in [5, 5.41) is 0. The van der Waals surface area contributed by atoms with Gasteiger partial charge >= 0.3 is 0 Å². The summed E-state index contributed by atoms with van der Waals surface area (Å²) in [5.74, 6) is -0.112. The number of rotatable bonds is 2. The first-order chi connectivity index (χ1) is 10.2. The van der Waals surface area contributed by atoms with Gasteiger partial charge in [-0.1, -0.05) is 0 Å². The molecule has 0 radical (unpaired) electrons. The van der Waals surface area contributed by atoms with Crippen LogP contribution in [0.3, 0.4) is 0 Å². The smallest absolute Gasteiger partial charge is 0.165 e. The first kappa shape index (κ1) is 12.5. The molecule has 2 aromatic heterocycles. The fourth-order valence-electron chi connectivity index (χ4n) is 3.14. The highest BCUT2D eigenvalue weighted by Crippen LogP contribution is 2.41. The average Bonchev–Trinajstić information content (AvgIpc) is 3.13. The third kappa shape index (κ3) is 1.92. The van der Waals surface area contributed by atoms with Crippen LogP contribution in [0.1, 0.15) is 6.42 Å². The number of hydrogen-bond acceptors (Lipinski definition) is 6. The van der Waals surface area contributed by atoms with Gasteiger partial charge in [0.15, 0.2) is 5.82 Å². The maximum absolute atomic E-state index is 14.4. The maximum atomic E-state index is 14.4. The van der Waals surface area contributed by atoms with Crippen LogP contribution in [0.2, 0.25) is 0 Å².